The van der Waals surface area contributed by atoms with Crippen LogP contribution in [0.4, 0.5) is 0 Å². The Morgan fingerprint density at radius 2 is 2.24 bits per heavy atom. The predicted molar refractivity (Wildman–Crippen MR) is 68.0 cm³/mol. The highest BCUT2D eigenvalue weighted by Crippen LogP contribution is 2.32. The summed E-state index contributed by atoms with van der Waals surface area (Å²) in [5.41, 5.74) is 0. The highest BCUT2D eigenvalue weighted by Gasteiger charge is 2.29. The molecule has 2 atom stereocenters. The van der Waals surface area contributed by atoms with Crippen LogP contribution in [-0.4, -0.2) is 27.1 Å². The Bertz CT molecular complexity index is 343. The molecule has 1 aliphatic carbocycles. The minimum atomic E-state index is -0.305. The van der Waals surface area contributed by atoms with Gasteiger partial charge in [-0.15, -0.1) is 0 Å². The summed E-state index contributed by atoms with van der Waals surface area (Å²) in [7, 11) is 0. The number of thioether (sulfide) groups is 1. The number of aliphatic hydroxyl groups is 1. The SMILES string of the molecule is CCCSCc1noc(C2CCCCC2O)n1. The van der Waals surface area contributed by atoms with Crippen molar-refractivity contribution in [2.45, 2.75) is 56.8 Å². The summed E-state index contributed by atoms with van der Waals surface area (Å²) >= 11 is 1.82. The lowest BCUT2D eigenvalue weighted by Gasteiger charge is -2.24. The summed E-state index contributed by atoms with van der Waals surface area (Å²) in [5, 5.41) is 13.9. The van der Waals surface area contributed by atoms with Crippen LogP contribution < -0.4 is 0 Å². The van der Waals surface area contributed by atoms with Gasteiger partial charge in [0.15, 0.2) is 5.82 Å². The zero-order valence-electron chi connectivity index (χ0n) is 10.3. The van der Waals surface area contributed by atoms with Crippen LogP contribution in [0.2, 0.25) is 0 Å². The van der Waals surface area contributed by atoms with Crippen molar-refractivity contribution < 1.29 is 9.63 Å². The summed E-state index contributed by atoms with van der Waals surface area (Å²) in [6.07, 6.45) is 4.92. The first-order valence-electron chi connectivity index (χ1n) is 6.39. The Hall–Kier alpha value is -0.550. The average Bonchev–Trinajstić information content (AvgIpc) is 2.79. The third-order valence-corrected chi connectivity index (χ3v) is 4.27. The quantitative estimate of drug-likeness (QED) is 0.821. The molecule has 1 N–H and O–H groups in total. The molecule has 0 saturated heterocycles. The molecule has 0 spiro atoms. The van der Waals surface area contributed by atoms with Gasteiger partial charge in [0.1, 0.15) is 0 Å². The van der Waals surface area contributed by atoms with Crippen LogP contribution in [0, 0.1) is 0 Å². The van der Waals surface area contributed by atoms with Gasteiger partial charge in [0, 0.05) is 0 Å². The summed E-state index contributed by atoms with van der Waals surface area (Å²) < 4.78 is 5.27. The Labute approximate surface area is 106 Å². The number of hydrogen-bond acceptors (Lipinski definition) is 5. The predicted octanol–water partition coefficient (Wildman–Crippen LogP) is 2.73. The number of hydrogen-bond donors (Lipinski definition) is 1. The van der Waals surface area contributed by atoms with Gasteiger partial charge in [0.05, 0.1) is 17.8 Å². The van der Waals surface area contributed by atoms with Crippen molar-refractivity contribution in [2.75, 3.05) is 5.75 Å². The van der Waals surface area contributed by atoms with Crippen LogP contribution in [0.25, 0.3) is 0 Å². The molecular formula is C12H20N2O2S. The maximum absolute atomic E-state index is 9.91. The molecule has 0 aromatic carbocycles. The lowest BCUT2D eigenvalue weighted by Crippen LogP contribution is -2.22. The molecule has 1 saturated carbocycles. The molecule has 2 unspecified atom stereocenters. The molecule has 1 aliphatic rings. The Morgan fingerprint density at radius 1 is 1.41 bits per heavy atom. The van der Waals surface area contributed by atoms with Gasteiger partial charge in [-0.25, -0.2) is 0 Å². The number of rotatable bonds is 5. The van der Waals surface area contributed by atoms with E-state index >= 15 is 0 Å². The number of nitrogens with zero attached hydrogens (tertiary/aromatic N) is 2. The van der Waals surface area contributed by atoms with Gasteiger partial charge in [-0.05, 0) is 25.0 Å². The van der Waals surface area contributed by atoms with E-state index < -0.39 is 0 Å². The van der Waals surface area contributed by atoms with Gasteiger partial charge in [0.2, 0.25) is 5.89 Å². The zero-order valence-corrected chi connectivity index (χ0v) is 11.1. The second-order valence-electron chi connectivity index (χ2n) is 4.56. The summed E-state index contributed by atoms with van der Waals surface area (Å²) in [6.45, 7) is 2.16. The van der Waals surface area contributed by atoms with E-state index in [4.69, 9.17) is 4.52 Å². The first kappa shape index (κ1) is 12.9. The number of aromatic nitrogens is 2. The summed E-state index contributed by atoms with van der Waals surface area (Å²) in [4.78, 5) is 4.40. The first-order chi connectivity index (χ1) is 8.31. The normalized spacial score (nSPS) is 25.1. The van der Waals surface area contributed by atoms with Gasteiger partial charge >= 0.3 is 0 Å². The largest absolute Gasteiger partial charge is 0.392 e. The molecule has 5 heteroatoms. The van der Waals surface area contributed by atoms with E-state index in [-0.39, 0.29) is 12.0 Å². The molecule has 0 bridgehead atoms. The summed E-state index contributed by atoms with van der Waals surface area (Å²) in [6, 6.07) is 0. The van der Waals surface area contributed by atoms with Crippen molar-refractivity contribution >= 4 is 11.8 Å². The van der Waals surface area contributed by atoms with Crippen molar-refractivity contribution in [3.63, 3.8) is 0 Å². The van der Waals surface area contributed by atoms with E-state index in [9.17, 15) is 5.11 Å². The molecule has 1 heterocycles. The van der Waals surface area contributed by atoms with Crippen molar-refractivity contribution in [3.8, 4) is 0 Å². The van der Waals surface area contributed by atoms with E-state index in [1.807, 2.05) is 11.8 Å². The Morgan fingerprint density at radius 3 is 3.00 bits per heavy atom. The fourth-order valence-corrected chi connectivity index (χ4v) is 2.92. The van der Waals surface area contributed by atoms with Crippen LogP contribution >= 0.6 is 11.8 Å². The van der Waals surface area contributed by atoms with Crippen LogP contribution in [0.5, 0.6) is 0 Å². The summed E-state index contributed by atoms with van der Waals surface area (Å²) in [5.74, 6) is 3.37. The Kier molecular flexibility index (Phi) is 4.86. The maximum atomic E-state index is 9.91. The van der Waals surface area contributed by atoms with Crippen molar-refractivity contribution in [1.82, 2.24) is 10.1 Å². The molecule has 0 amide bonds. The average molecular weight is 256 g/mol. The van der Waals surface area contributed by atoms with Gasteiger partial charge < -0.3 is 9.63 Å². The Balaban J connectivity index is 1.92. The van der Waals surface area contributed by atoms with Crippen LogP contribution in [0.15, 0.2) is 4.52 Å². The zero-order chi connectivity index (χ0) is 12.1. The standard InChI is InChI=1S/C12H20N2O2S/c1-2-7-17-8-11-13-12(16-14-11)9-5-3-4-6-10(9)15/h9-10,15H,2-8H2,1H3. The highest BCUT2D eigenvalue weighted by atomic mass is 32.2. The molecule has 1 aromatic rings. The van der Waals surface area contributed by atoms with E-state index in [0.29, 0.717) is 5.89 Å². The van der Waals surface area contributed by atoms with Gasteiger partial charge in [-0.1, -0.05) is 24.9 Å². The molecule has 0 aliphatic heterocycles. The fourth-order valence-electron chi connectivity index (χ4n) is 2.18. The van der Waals surface area contributed by atoms with Crippen molar-refractivity contribution in [1.29, 1.82) is 0 Å². The topological polar surface area (TPSA) is 59.2 Å². The van der Waals surface area contributed by atoms with Gasteiger partial charge in [0.25, 0.3) is 0 Å². The van der Waals surface area contributed by atoms with E-state index in [1.165, 1.54) is 0 Å². The minimum absolute atomic E-state index is 0.0566. The van der Waals surface area contributed by atoms with E-state index in [2.05, 4.69) is 17.1 Å². The molecular weight excluding hydrogens is 236 g/mol. The van der Waals surface area contributed by atoms with Gasteiger partial charge in [-0.2, -0.15) is 16.7 Å². The third-order valence-electron chi connectivity index (χ3n) is 3.11. The van der Waals surface area contributed by atoms with Crippen LogP contribution in [0.1, 0.15) is 56.7 Å². The lowest BCUT2D eigenvalue weighted by molar-refractivity contribution is 0.0908. The second kappa shape index (κ2) is 6.40. The molecule has 96 valence electrons. The monoisotopic (exact) mass is 256 g/mol. The third kappa shape index (κ3) is 3.45. The molecule has 0 radical (unpaired) electrons. The second-order valence-corrected chi connectivity index (χ2v) is 5.66. The molecule has 17 heavy (non-hydrogen) atoms. The van der Waals surface area contributed by atoms with Crippen molar-refractivity contribution in [3.05, 3.63) is 11.7 Å². The lowest BCUT2D eigenvalue weighted by atomic mass is 9.86. The smallest absolute Gasteiger partial charge is 0.232 e. The molecule has 4 nitrogen and oxygen atoms in total. The van der Waals surface area contributed by atoms with Crippen LogP contribution in [0.3, 0.4) is 0 Å². The highest BCUT2D eigenvalue weighted by molar-refractivity contribution is 7.98. The van der Waals surface area contributed by atoms with E-state index in [1.54, 1.807) is 0 Å². The minimum Gasteiger partial charge on any atom is -0.392 e. The van der Waals surface area contributed by atoms with Gasteiger partial charge in [-0.3, -0.25) is 0 Å². The molecule has 2 rings (SSSR count). The number of aliphatic hydroxyl groups excluding tert-OH is 1. The van der Waals surface area contributed by atoms with Crippen LogP contribution in [-0.2, 0) is 5.75 Å². The maximum Gasteiger partial charge on any atom is 0.232 e. The molecule has 1 fully saturated rings. The van der Waals surface area contributed by atoms with Crippen molar-refractivity contribution in [2.24, 2.45) is 0 Å². The fraction of sp³-hybridized carbons (Fsp3) is 0.833. The molecule has 1 aromatic heterocycles. The van der Waals surface area contributed by atoms with E-state index in [0.717, 1.165) is 49.4 Å². The first-order valence-corrected chi connectivity index (χ1v) is 7.55.